The van der Waals surface area contributed by atoms with Crippen LogP contribution in [-0.4, -0.2) is 23.2 Å². The predicted molar refractivity (Wildman–Crippen MR) is 79.2 cm³/mol. The number of hydrogen-bond acceptors (Lipinski definition) is 4. The highest BCUT2D eigenvalue weighted by atomic mass is 79.9. The van der Waals surface area contributed by atoms with Crippen molar-refractivity contribution in [3.05, 3.63) is 28.2 Å². The lowest BCUT2D eigenvalue weighted by molar-refractivity contribution is 0.579. The Hall–Kier alpha value is -0.920. The summed E-state index contributed by atoms with van der Waals surface area (Å²) in [5.41, 5.74) is 1.87. The second-order valence-electron chi connectivity index (χ2n) is 4.81. The van der Waals surface area contributed by atoms with Crippen LogP contribution in [0.5, 0.6) is 0 Å². The van der Waals surface area contributed by atoms with E-state index in [0.29, 0.717) is 5.82 Å². The lowest BCUT2D eigenvalue weighted by Gasteiger charge is -2.08. The summed E-state index contributed by atoms with van der Waals surface area (Å²) >= 11 is 3.44. The molecule has 0 atom stereocenters. The molecule has 0 spiro atoms. The molecule has 0 bridgehead atoms. The van der Waals surface area contributed by atoms with E-state index in [0.717, 1.165) is 28.4 Å². The number of halogens is 2. The maximum absolute atomic E-state index is 11.6. The van der Waals surface area contributed by atoms with Gasteiger partial charge in [-0.25, -0.2) is 8.42 Å². The van der Waals surface area contributed by atoms with Crippen molar-refractivity contribution in [2.75, 3.05) is 0 Å². The van der Waals surface area contributed by atoms with Crippen LogP contribution in [0.25, 0.3) is 11.4 Å². The maximum Gasteiger partial charge on any atom is 0.296 e. The summed E-state index contributed by atoms with van der Waals surface area (Å²) in [5, 5.41) is 7.61. The Bertz CT molecular complexity index is 784. The van der Waals surface area contributed by atoms with Gasteiger partial charge in [0.2, 0.25) is 0 Å². The van der Waals surface area contributed by atoms with Crippen LogP contribution < -0.4 is 0 Å². The van der Waals surface area contributed by atoms with Gasteiger partial charge in [-0.05, 0) is 37.5 Å². The second kappa shape index (κ2) is 4.82. The SMILES string of the molecule is Cc1cc(-c2nnc(S(=O)(=O)Cl)n2C2CC2)ccc1Br. The van der Waals surface area contributed by atoms with Crippen molar-refractivity contribution < 1.29 is 8.42 Å². The zero-order chi connectivity index (χ0) is 14.5. The summed E-state index contributed by atoms with van der Waals surface area (Å²) in [4.78, 5) is 0. The summed E-state index contributed by atoms with van der Waals surface area (Å²) in [6.07, 6.45) is 1.83. The van der Waals surface area contributed by atoms with Crippen LogP contribution in [0.4, 0.5) is 0 Å². The Kier molecular flexibility index (Phi) is 3.38. The normalized spacial score (nSPS) is 15.6. The Morgan fingerprint density at radius 1 is 1.35 bits per heavy atom. The molecule has 0 radical (unpaired) electrons. The molecule has 1 aliphatic rings. The van der Waals surface area contributed by atoms with Crippen molar-refractivity contribution in [2.45, 2.75) is 31.0 Å². The highest BCUT2D eigenvalue weighted by Crippen LogP contribution is 2.40. The number of benzene rings is 1. The van der Waals surface area contributed by atoms with Gasteiger partial charge in [0.1, 0.15) is 0 Å². The Morgan fingerprint density at radius 2 is 2.05 bits per heavy atom. The lowest BCUT2D eigenvalue weighted by atomic mass is 10.1. The molecule has 2 aromatic rings. The Morgan fingerprint density at radius 3 is 2.60 bits per heavy atom. The molecular weight excluding hydrogens is 366 g/mol. The van der Waals surface area contributed by atoms with Gasteiger partial charge in [-0.1, -0.05) is 22.0 Å². The van der Waals surface area contributed by atoms with Crippen molar-refractivity contribution in [3.8, 4) is 11.4 Å². The molecule has 5 nitrogen and oxygen atoms in total. The Balaban J connectivity index is 2.19. The van der Waals surface area contributed by atoms with Crippen molar-refractivity contribution in [1.82, 2.24) is 14.8 Å². The Labute approximate surface area is 129 Å². The first-order valence-corrected chi connectivity index (χ1v) is 9.14. The summed E-state index contributed by atoms with van der Waals surface area (Å²) in [7, 11) is 1.54. The second-order valence-corrected chi connectivity index (χ2v) is 8.12. The molecule has 0 amide bonds. The average molecular weight is 377 g/mol. The molecule has 20 heavy (non-hydrogen) atoms. The minimum atomic E-state index is -3.89. The van der Waals surface area contributed by atoms with Crippen molar-refractivity contribution in [1.29, 1.82) is 0 Å². The first-order valence-electron chi connectivity index (χ1n) is 6.04. The van der Waals surface area contributed by atoms with Gasteiger partial charge in [-0.15, -0.1) is 10.2 Å². The van der Waals surface area contributed by atoms with E-state index in [-0.39, 0.29) is 11.2 Å². The van der Waals surface area contributed by atoms with E-state index in [4.69, 9.17) is 10.7 Å². The zero-order valence-electron chi connectivity index (χ0n) is 10.5. The van der Waals surface area contributed by atoms with Crippen LogP contribution in [-0.2, 0) is 9.05 Å². The van der Waals surface area contributed by atoms with Gasteiger partial charge in [0, 0.05) is 26.8 Å². The van der Waals surface area contributed by atoms with Gasteiger partial charge in [-0.2, -0.15) is 0 Å². The van der Waals surface area contributed by atoms with Crippen molar-refractivity contribution >= 4 is 35.7 Å². The first-order chi connectivity index (χ1) is 9.38. The number of nitrogens with zero attached hydrogens (tertiary/aromatic N) is 3. The summed E-state index contributed by atoms with van der Waals surface area (Å²) in [6, 6.07) is 5.85. The van der Waals surface area contributed by atoms with E-state index in [1.807, 2.05) is 25.1 Å². The molecule has 0 saturated heterocycles. The van der Waals surface area contributed by atoms with Gasteiger partial charge in [0.25, 0.3) is 14.2 Å². The van der Waals surface area contributed by atoms with Crippen LogP contribution in [0.3, 0.4) is 0 Å². The summed E-state index contributed by atoms with van der Waals surface area (Å²) in [6.45, 7) is 1.96. The third-order valence-electron chi connectivity index (χ3n) is 3.21. The fourth-order valence-corrected chi connectivity index (χ4v) is 3.26. The molecular formula is C12H11BrClN3O2S. The predicted octanol–water partition coefficient (Wildman–Crippen LogP) is 3.28. The van der Waals surface area contributed by atoms with E-state index < -0.39 is 9.05 Å². The molecule has 1 aromatic heterocycles. The molecule has 8 heteroatoms. The van der Waals surface area contributed by atoms with E-state index in [1.165, 1.54) is 0 Å². The topological polar surface area (TPSA) is 64.8 Å². The molecule has 1 fully saturated rings. The highest BCUT2D eigenvalue weighted by molar-refractivity contribution is 9.10. The quantitative estimate of drug-likeness (QED) is 0.771. The average Bonchev–Trinajstić information content (AvgIpc) is 3.10. The summed E-state index contributed by atoms with van der Waals surface area (Å²) in [5.74, 6) is 0.544. The number of rotatable bonds is 3. The van der Waals surface area contributed by atoms with Gasteiger partial charge in [0.15, 0.2) is 5.82 Å². The smallest absolute Gasteiger partial charge is 0.294 e. The van der Waals surface area contributed by atoms with Gasteiger partial charge in [0.05, 0.1) is 0 Å². The van der Waals surface area contributed by atoms with Crippen LogP contribution >= 0.6 is 26.6 Å². The van der Waals surface area contributed by atoms with Crippen LogP contribution in [0.2, 0.25) is 0 Å². The van der Waals surface area contributed by atoms with Gasteiger partial charge in [-0.3, -0.25) is 4.57 Å². The first kappa shape index (κ1) is 14.0. The van der Waals surface area contributed by atoms with E-state index >= 15 is 0 Å². The molecule has 1 heterocycles. The fraction of sp³-hybridized carbons (Fsp3) is 0.333. The van der Waals surface area contributed by atoms with Crippen LogP contribution in [0.15, 0.2) is 27.8 Å². The number of aromatic nitrogens is 3. The standard InChI is InChI=1S/C12H11BrClN3O2S/c1-7-6-8(2-5-10(7)13)11-15-16-12(20(14,18)19)17(11)9-3-4-9/h2,5-6,9H,3-4H2,1H3. The zero-order valence-corrected chi connectivity index (χ0v) is 13.7. The van der Waals surface area contributed by atoms with Crippen molar-refractivity contribution in [2.24, 2.45) is 0 Å². The molecule has 1 aromatic carbocycles. The third-order valence-corrected chi connectivity index (χ3v) is 5.23. The molecule has 3 rings (SSSR count). The molecule has 106 valence electrons. The van der Waals surface area contributed by atoms with Crippen molar-refractivity contribution in [3.63, 3.8) is 0 Å². The molecule has 1 saturated carbocycles. The van der Waals surface area contributed by atoms with Gasteiger partial charge < -0.3 is 0 Å². The van der Waals surface area contributed by atoms with E-state index in [1.54, 1.807) is 4.57 Å². The maximum atomic E-state index is 11.6. The van der Waals surface area contributed by atoms with E-state index in [2.05, 4.69) is 26.1 Å². The number of aryl methyl sites for hydroxylation is 1. The molecule has 0 unspecified atom stereocenters. The number of hydrogen-bond donors (Lipinski definition) is 0. The van der Waals surface area contributed by atoms with Crippen LogP contribution in [0.1, 0.15) is 24.4 Å². The lowest BCUT2D eigenvalue weighted by Crippen LogP contribution is -2.06. The van der Waals surface area contributed by atoms with E-state index in [9.17, 15) is 8.42 Å². The largest absolute Gasteiger partial charge is 0.296 e. The monoisotopic (exact) mass is 375 g/mol. The molecule has 0 N–H and O–H groups in total. The van der Waals surface area contributed by atoms with Gasteiger partial charge >= 0.3 is 0 Å². The van der Waals surface area contributed by atoms with Crippen LogP contribution in [0, 0.1) is 6.92 Å². The molecule has 0 aliphatic heterocycles. The third kappa shape index (κ3) is 2.49. The highest BCUT2D eigenvalue weighted by Gasteiger charge is 2.34. The minimum absolute atomic E-state index is 0.118. The fourth-order valence-electron chi connectivity index (χ4n) is 2.09. The minimum Gasteiger partial charge on any atom is -0.294 e. The molecule has 1 aliphatic carbocycles. The summed E-state index contributed by atoms with van der Waals surface area (Å²) < 4.78 is 25.8.